The van der Waals surface area contributed by atoms with E-state index >= 15 is 0 Å². The summed E-state index contributed by atoms with van der Waals surface area (Å²) in [5.41, 5.74) is 0.993. The number of hydrogen-bond acceptors (Lipinski definition) is 2. The maximum Gasteiger partial charge on any atom is 0.124 e. The van der Waals surface area contributed by atoms with Gasteiger partial charge in [-0.1, -0.05) is 12.2 Å². The van der Waals surface area contributed by atoms with E-state index in [0.29, 0.717) is 6.42 Å². The molecule has 0 aromatic carbocycles. The van der Waals surface area contributed by atoms with Gasteiger partial charge in [-0.25, -0.2) is 0 Å². The highest BCUT2D eigenvalue weighted by molar-refractivity contribution is 5.53. The summed E-state index contributed by atoms with van der Waals surface area (Å²) in [4.78, 5) is 9.96. The number of carbonyl (C=O) groups excluding carboxylic acids is 1. The summed E-state index contributed by atoms with van der Waals surface area (Å²) < 4.78 is 4.84. The molecule has 0 spiro atoms. The highest BCUT2D eigenvalue weighted by atomic mass is 16.5. The predicted molar refractivity (Wildman–Crippen MR) is 40.9 cm³/mol. The molecule has 58 valence electrons. The first-order valence-corrected chi connectivity index (χ1v) is 3.40. The van der Waals surface area contributed by atoms with Gasteiger partial charge in [0.25, 0.3) is 0 Å². The van der Waals surface area contributed by atoms with Crippen molar-refractivity contribution < 1.29 is 9.53 Å². The molecule has 0 radical (unpaired) electrons. The predicted octanol–water partition coefficient (Wildman–Crippen LogP) is 1.56. The maximum absolute atomic E-state index is 9.96. The first-order chi connectivity index (χ1) is 4.81. The van der Waals surface area contributed by atoms with Crippen LogP contribution in [0.1, 0.15) is 19.3 Å². The number of hydrogen-bond donors (Lipinski definition) is 0. The standard InChI is InChI=1S/C8H14O2/c1-8(5-6-9)4-3-7-10-2/h6H,1,3-5,7H2,2H3. The fourth-order valence-electron chi connectivity index (χ4n) is 0.686. The van der Waals surface area contributed by atoms with Gasteiger partial charge in [-0.15, -0.1) is 0 Å². The molecule has 0 aromatic heterocycles. The van der Waals surface area contributed by atoms with Gasteiger partial charge in [0.05, 0.1) is 0 Å². The number of carbonyl (C=O) groups is 1. The third-order valence-corrected chi connectivity index (χ3v) is 1.25. The summed E-state index contributed by atoms with van der Waals surface area (Å²) in [6.45, 7) is 4.48. The van der Waals surface area contributed by atoms with Gasteiger partial charge in [0, 0.05) is 20.1 Å². The van der Waals surface area contributed by atoms with Crippen LogP contribution in [-0.4, -0.2) is 20.0 Å². The molecule has 10 heavy (non-hydrogen) atoms. The second kappa shape index (κ2) is 6.49. The van der Waals surface area contributed by atoms with Crippen molar-refractivity contribution in [3.8, 4) is 0 Å². The van der Waals surface area contributed by atoms with Gasteiger partial charge in [-0.05, 0) is 12.8 Å². The largest absolute Gasteiger partial charge is 0.385 e. The van der Waals surface area contributed by atoms with E-state index in [1.165, 1.54) is 0 Å². The molecule has 0 saturated carbocycles. The fourth-order valence-corrected chi connectivity index (χ4v) is 0.686. The molecule has 0 atom stereocenters. The minimum absolute atomic E-state index is 0.490. The van der Waals surface area contributed by atoms with Crippen molar-refractivity contribution in [2.24, 2.45) is 0 Å². The quantitative estimate of drug-likeness (QED) is 0.319. The van der Waals surface area contributed by atoms with E-state index in [1.54, 1.807) is 7.11 Å². The molecule has 0 unspecified atom stereocenters. The molecule has 0 fully saturated rings. The first-order valence-electron chi connectivity index (χ1n) is 3.40. The van der Waals surface area contributed by atoms with Crippen LogP contribution in [0, 0.1) is 0 Å². The average molecular weight is 142 g/mol. The lowest BCUT2D eigenvalue weighted by Gasteiger charge is -1.99. The van der Waals surface area contributed by atoms with Crippen LogP contribution in [0.15, 0.2) is 12.2 Å². The van der Waals surface area contributed by atoms with E-state index < -0.39 is 0 Å². The summed E-state index contributed by atoms with van der Waals surface area (Å²) in [7, 11) is 1.67. The molecule has 0 rings (SSSR count). The Morgan fingerprint density at radius 1 is 1.70 bits per heavy atom. The Kier molecular flexibility index (Phi) is 6.08. The molecule has 0 aliphatic rings. The van der Waals surface area contributed by atoms with Gasteiger partial charge in [-0.3, -0.25) is 0 Å². The van der Waals surface area contributed by atoms with Gasteiger partial charge in [-0.2, -0.15) is 0 Å². The number of aldehydes is 1. The smallest absolute Gasteiger partial charge is 0.124 e. The highest BCUT2D eigenvalue weighted by Gasteiger charge is 1.91. The number of ether oxygens (including phenoxy) is 1. The SMILES string of the molecule is C=C(CC=O)CCCOC. The zero-order valence-corrected chi connectivity index (χ0v) is 6.43. The van der Waals surface area contributed by atoms with E-state index in [-0.39, 0.29) is 0 Å². The van der Waals surface area contributed by atoms with Crippen molar-refractivity contribution in [1.82, 2.24) is 0 Å². The van der Waals surface area contributed by atoms with Gasteiger partial charge in [0.15, 0.2) is 0 Å². The second-order valence-corrected chi connectivity index (χ2v) is 2.22. The van der Waals surface area contributed by atoms with Gasteiger partial charge in [0.2, 0.25) is 0 Å². The lowest BCUT2D eigenvalue weighted by Crippen LogP contribution is -1.90. The third-order valence-electron chi connectivity index (χ3n) is 1.25. The lowest BCUT2D eigenvalue weighted by molar-refractivity contribution is -0.107. The number of allylic oxidation sites excluding steroid dienone is 1. The zero-order chi connectivity index (χ0) is 7.82. The van der Waals surface area contributed by atoms with Crippen molar-refractivity contribution in [3.05, 3.63) is 12.2 Å². The van der Waals surface area contributed by atoms with E-state index in [4.69, 9.17) is 4.74 Å². The Bertz CT molecular complexity index is 108. The van der Waals surface area contributed by atoms with E-state index in [1.807, 2.05) is 0 Å². The molecule has 0 heterocycles. The first kappa shape index (κ1) is 9.37. The summed E-state index contributed by atoms with van der Waals surface area (Å²) >= 11 is 0. The highest BCUT2D eigenvalue weighted by Crippen LogP contribution is 2.04. The van der Waals surface area contributed by atoms with Crippen LogP contribution < -0.4 is 0 Å². The Balaban J connectivity index is 3.13. The number of methoxy groups -OCH3 is 1. The molecule has 0 aliphatic carbocycles. The van der Waals surface area contributed by atoms with Gasteiger partial charge < -0.3 is 9.53 Å². The normalized spacial score (nSPS) is 9.30. The van der Waals surface area contributed by atoms with Crippen molar-refractivity contribution in [2.45, 2.75) is 19.3 Å². The molecule has 0 aromatic rings. The molecular weight excluding hydrogens is 128 g/mol. The Labute approximate surface area is 61.9 Å². The van der Waals surface area contributed by atoms with Crippen LogP contribution in [0.2, 0.25) is 0 Å². The molecular formula is C8H14O2. The lowest BCUT2D eigenvalue weighted by atomic mass is 10.1. The summed E-state index contributed by atoms with van der Waals surface area (Å²) in [5.74, 6) is 0. The van der Waals surface area contributed by atoms with Gasteiger partial charge in [0.1, 0.15) is 6.29 Å². The monoisotopic (exact) mass is 142 g/mol. The Morgan fingerprint density at radius 3 is 2.90 bits per heavy atom. The average Bonchev–Trinajstić information content (AvgIpc) is 1.89. The summed E-state index contributed by atoms with van der Waals surface area (Å²) in [5, 5.41) is 0. The minimum atomic E-state index is 0.490. The molecule has 0 amide bonds. The molecule has 0 saturated heterocycles. The third kappa shape index (κ3) is 5.51. The molecule has 2 heteroatoms. The molecule has 0 bridgehead atoms. The van der Waals surface area contributed by atoms with Crippen LogP contribution in [0.25, 0.3) is 0 Å². The van der Waals surface area contributed by atoms with Crippen molar-refractivity contribution in [3.63, 3.8) is 0 Å². The van der Waals surface area contributed by atoms with Crippen molar-refractivity contribution >= 4 is 6.29 Å². The minimum Gasteiger partial charge on any atom is -0.385 e. The second-order valence-electron chi connectivity index (χ2n) is 2.22. The molecule has 0 aliphatic heterocycles. The number of rotatable bonds is 6. The summed E-state index contributed by atoms with van der Waals surface area (Å²) in [6, 6.07) is 0. The van der Waals surface area contributed by atoms with E-state index in [2.05, 4.69) is 6.58 Å². The van der Waals surface area contributed by atoms with Crippen LogP contribution in [0.3, 0.4) is 0 Å². The van der Waals surface area contributed by atoms with E-state index in [9.17, 15) is 4.79 Å². The zero-order valence-electron chi connectivity index (χ0n) is 6.43. The molecule has 0 N–H and O–H groups in total. The van der Waals surface area contributed by atoms with Crippen molar-refractivity contribution in [1.29, 1.82) is 0 Å². The van der Waals surface area contributed by atoms with Crippen molar-refractivity contribution in [2.75, 3.05) is 13.7 Å². The van der Waals surface area contributed by atoms with Crippen LogP contribution in [0.4, 0.5) is 0 Å². The van der Waals surface area contributed by atoms with Crippen LogP contribution in [-0.2, 0) is 9.53 Å². The van der Waals surface area contributed by atoms with Gasteiger partial charge >= 0.3 is 0 Å². The topological polar surface area (TPSA) is 26.3 Å². The van der Waals surface area contributed by atoms with E-state index in [0.717, 1.165) is 31.3 Å². The Morgan fingerprint density at radius 2 is 2.40 bits per heavy atom. The van der Waals surface area contributed by atoms with Crippen LogP contribution in [0.5, 0.6) is 0 Å². The summed E-state index contributed by atoms with van der Waals surface area (Å²) in [6.07, 6.45) is 3.23. The maximum atomic E-state index is 9.96. The fraction of sp³-hybridized carbons (Fsp3) is 0.625. The molecule has 2 nitrogen and oxygen atoms in total. The Hall–Kier alpha value is -0.630. The van der Waals surface area contributed by atoms with Crippen LogP contribution >= 0.6 is 0 Å².